The number of allylic oxidation sites excluding steroid dienone is 1. The van der Waals surface area contributed by atoms with Crippen molar-refractivity contribution in [2.45, 2.75) is 18.4 Å². The Balaban J connectivity index is 1.78. The standard InChI is InChI=1S/C22H21Cl2N3O3S/c1-15-20(22(24)27(25-15)14-16-4-8-18(23)9-5-16)12-13-21(28)17-6-10-19(11-7-17)31(29,30)26(2)3/h4-13H,14H2,1-3H3/b13-12+. The van der Waals surface area contributed by atoms with Crippen molar-refractivity contribution in [2.24, 2.45) is 0 Å². The molecule has 0 aliphatic rings. The van der Waals surface area contributed by atoms with Crippen molar-refractivity contribution in [3.63, 3.8) is 0 Å². The Morgan fingerprint density at radius 3 is 2.26 bits per heavy atom. The fraction of sp³-hybridized carbons (Fsp3) is 0.182. The number of rotatable bonds is 7. The predicted octanol–water partition coefficient (Wildman–Crippen LogP) is 4.69. The summed E-state index contributed by atoms with van der Waals surface area (Å²) in [5.74, 6) is -0.269. The van der Waals surface area contributed by atoms with Gasteiger partial charge in [-0.15, -0.1) is 0 Å². The van der Waals surface area contributed by atoms with Gasteiger partial charge in [0.2, 0.25) is 10.0 Å². The molecule has 0 spiro atoms. The Labute approximate surface area is 191 Å². The van der Waals surface area contributed by atoms with Crippen LogP contribution in [0.2, 0.25) is 10.2 Å². The minimum absolute atomic E-state index is 0.125. The smallest absolute Gasteiger partial charge is 0.242 e. The van der Waals surface area contributed by atoms with Gasteiger partial charge in [-0.25, -0.2) is 17.4 Å². The zero-order valence-electron chi connectivity index (χ0n) is 17.2. The maximum Gasteiger partial charge on any atom is 0.242 e. The second-order valence-electron chi connectivity index (χ2n) is 7.08. The van der Waals surface area contributed by atoms with Crippen molar-refractivity contribution in [1.29, 1.82) is 0 Å². The number of carbonyl (C=O) groups excluding carboxylic acids is 1. The molecular weight excluding hydrogens is 457 g/mol. The minimum Gasteiger partial charge on any atom is -0.289 e. The first-order valence-corrected chi connectivity index (χ1v) is 11.5. The second kappa shape index (κ2) is 9.36. The molecule has 162 valence electrons. The molecule has 1 heterocycles. The lowest BCUT2D eigenvalue weighted by molar-refractivity contribution is 0.104. The van der Waals surface area contributed by atoms with Gasteiger partial charge in [-0.3, -0.25) is 4.79 Å². The molecule has 31 heavy (non-hydrogen) atoms. The summed E-state index contributed by atoms with van der Waals surface area (Å²) in [6.07, 6.45) is 3.02. The largest absolute Gasteiger partial charge is 0.289 e. The van der Waals surface area contributed by atoms with Crippen LogP contribution in [-0.2, 0) is 16.6 Å². The molecule has 0 saturated heterocycles. The number of hydrogen-bond donors (Lipinski definition) is 0. The van der Waals surface area contributed by atoms with Crippen molar-refractivity contribution in [2.75, 3.05) is 14.1 Å². The molecule has 0 aliphatic heterocycles. The quantitative estimate of drug-likeness (QED) is 0.365. The molecule has 1 aromatic heterocycles. The number of sulfonamides is 1. The van der Waals surface area contributed by atoms with Crippen LogP contribution in [0.15, 0.2) is 59.5 Å². The summed E-state index contributed by atoms with van der Waals surface area (Å²) in [6.45, 7) is 2.29. The maximum atomic E-state index is 12.5. The lowest BCUT2D eigenvalue weighted by Crippen LogP contribution is -2.22. The lowest BCUT2D eigenvalue weighted by Gasteiger charge is -2.11. The number of halogens is 2. The maximum absolute atomic E-state index is 12.5. The molecule has 0 atom stereocenters. The molecule has 0 saturated carbocycles. The summed E-state index contributed by atoms with van der Waals surface area (Å²) in [4.78, 5) is 12.7. The number of aromatic nitrogens is 2. The van der Waals surface area contributed by atoms with Crippen LogP contribution in [0, 0.1) is 6.92 Å². The van der Waals surface area contributed by atoms with Crippen LogP contribution in [0.5, 0.6) is 0 Å². The van der Waals surface area contributed by atoms with Crippen molar-refractivity contribution >= 4 is 45.1 Å². The molecule has 0 fully saturated rings. The third-order valence-corrected chi connectivity index (χ3v) is 7.15. The molecule has 0 N–H and O–H groups in total. The normalized spacial score (nSPS) is 12.1. The third kappa shape index (κ3) is 5.25. The van der Waals surface area contributed by atoms with Gasteiger partial charge < -0.3 is 0 Å². The van der Waals surface area contributed by atoms with Gasteiger partial charge in [0.05, 0.1) is 17.1 Å². The van der Waals surface area contributed by atoms with Gasteiger partial charge >= 0.3 is 0 Å². The van der Waals surface area contributed by atoms with Gasteiger partial charge in [0.25, 0.3) is 0 Å². The van der Waals surface area contributed by atoms with E-state index < -0.39 is 10.0 Å². The summed E-state index contributed by atoms with van der Waals surface area (Å²) in [5.41, 5.74) is 2.70. The Morgan fingerprint density at radius 1 is 1.06 bits per heavy atom. The molecule has 3 rings (SSSR count). The molecule has 0 aliphatic carbocycles. The first-order chi connectivity index (χ1) is 14.6. The molecular formula is C22H21Cl2N3O3S. The van der Waals surface area contributed by atoms with Crippen LogP contribution in [0.1, 0.15) is 27.2 Å². The Morgan fingerprint density at radius 2 is 1.68 bits per heavy atom. The minimum atomic E-state index is -3.54. The van der Waals surface area contributed by atoms with Crippen molar-refractivity contribution in [3.8, 4) is 0 Å². The van der Waals surface area contributed by atoms with E-state index in [1.165, 1.54) is 44.4 Å². The van der Waals surface area contributed by atoms with Gasteiger partial charge in [-0.2, -0.15) is 5.10 Å². The van der Waals surface area contributed by atoms with Crippen LogP contribution in [0.4, 0.5) is 0 Å². The van der Waals surface area contributed by atoms with E-state index in [1.807, 2.05) is 19.1 Å². The highest BCUT2D eigenvalue weighted by molar-refractivity contribution is 7.89. The van der Waals surface area contributed by atoms with Crippen LogP contribution in [-0.4, -0.2) is 42.4 Å². The first-order valence-electron chi connectivity index (χ1n) is 9.32. The molecule has 2 aromatic carbocycles. The number of hydrogen-bond acceptors (Lipinski definition) is 4. The number of ketones is 1. The number of aryl methyl sites for hydroxylation is 1. The lowest BCUT2D eigenvalue weighted by atomic mass is 10.1. The highest BCUT2D eigenvalue weighted by Crippen LogP contribution is 2.23. The molecule has 9 heteroatoms. The summed E-state index contributed by atoms with van der Waals surface area (Å²) < 4.78 is 27.1. The van der Waals surface area contributed by atoms with E-state index in [2.05, 4.69) is 5.10 Å². The van der Waals surface area contributed by atoms with E-state index in [4.69, 9.17) is 23.2 Å². The third-order valence-electron chi connectivity index (χ3n) is 4.67. The number of nitrogens with zero attached hydrogens (tertiary/aromatic N) is 3. The highest BCUT2D eigenvalue weighted by atomic mass is 35.5. The van der Waals surface area contributed by atoms with Crippen molar-refractivity contribution in [1.82, 2.24) is 14.1 Å². The van der Waals surface area contributed by atoms with Crippen LogP contribution >= 0.6 is 23.2 Å². The second-order valence-corrected chi connectivity index (χ2v) is 10.0. The number of benzene rings is 2. The van der Waals surface area contributed by atoms with Crippen LogP contribution in [0.25, 0.3) is 6.08 Å². The summed E-state index contributed by atoms with van der Waals surface area (Å²) in [6, 6.07) is 13.2. The van der Waals surface area contributed by atoms with E-state index >= 15 is 0 Å². The highest BCUT2D eigenvalue weighted by Gasteiger charge is 2.17. The van der Waals surface area contributed by atoms with Gasteiger partial charge in [0.15, 0.2) is 5.78 Å². The monoisotopic (exact) mass is 477 g/mol. The summed E-state index contributed by atoms with van der Waals surface area (Å²) in [5, 5.41) is 5.53. The zero-order valence-corrected chi connectivity index (χ0v) is 19.5. The van der Waals surface area contributed by atoms with E-state index in [-0.39, 0.29) is 10.7 Å². The fourth-order valence-electron chi connectivity index (χ4n) is 2.88. The number of carbonyl (C=O) groups is 1. The fourth-order valence-corrected chi connectivity index (χ4v) is 4.21. The van der Waals surface area contributed by atoms with Crippen molar-refractivity contribution < 1.29 is 13.2 Å². The Hall–Kier alpha value is -2.45. The van der Waals surface area contributed by atoms with E-state index in [0.717, 1.165) is 9.87 Å². The molecule has 6 nitrogen and oxygen atoms in total. The van der Waals surface area contributed by atoms with Crippen LogP contribution in [0.3, 0.4) is 0 Å². The SMILES string of the molecule is Cc1nn(Cc2ccc(Cl)cc2)c(Cl)c1/C=C/C(=O)c1ccc(S(=O)(=O)N(C)C)cc1. The van der Waals surface area contributed by atoms with Crippen LogP contribution < -0.4 is 0 Å². The van der Waals surface area contributed by atoms with Gasteiger partial charge in [0, 0.05) is 30.2 Å². The van der Waals surface area contributed by atoms with Gasteiger partial charge in [0.1, 0.15) is 5.15 Å². The molecule has 0 bridgehead atoms. The average Bonchev–Trinajstić information content (AvgIpc) is 3.00. The summed E-state index contributed by atoms with van der Waals surface area (Å²) >= 11 is 12.4. The molecule has 3 aromatic rings. The van der Waals surface area contributed by atoms with E-state index in [9.17, 15) is 13.2 Å². The molecule has 0 amide bonds. The topological polar surface area (TPSA) is 72.3 Å². The zero-order chi connectivity index (χ0) is 22.8. The molecule has 0 radical (unpaired) electrons. The Kier molecular flexibility index (Phi) is 7.01. The average molecular weight is 478 g/mol. The Bertz CT molecular complexity index is 1230. The van der Waals surface area contributed by atoms with E-state index in [0.29, 0.717) is 33.5 Å². The summed E-state index contributed by atoms with van der Waals surface area (Å²) in [7, 11) is -0.634. The first kappa shape index (κ1) is 23.2. The van der Waals surface area contributed by atoms with Gasteiger partial charge in [-0.1, -0.05) is 35.3 Å². The predicted molar refractivity (Wildman–Crippen MR) is 123 cm³/mol. The van der Waals surface area contributed by atoms with Gasteiger partial charge in [-0.05, 0) is 61.0 Å². The van der Waals surface area contributed by atoms with E-state index in [1.54, 1.807) is 22.9 Å². The van der Waals surface area contributed by atoms with Crippen molar-refractivity contribution in [3.05, 3.63) is 87.2 Å². The molecule has 0 unspecified atom stereocenters.